The lowest BCUT2D eigenvalue weighted by atomic mass is 10.1. The van der Waals surface area contributed by atoms with Crippen molar-refractivity contribution in [3.63, 3.8) is 0 Å². The van der Waals surface area contributed by atoms with Gasteiger partial charge in [-0.2, -0.15) is 5.26 Å². The van der Waals surface area contributed by atoms with Gasteiger partial charge in [-0.3, -0.25) is 9.88 Å². The van der Waals surface area contributed by atoms with E-state index in [0.717, 1.165) is 44.1 Å². The summed E-state index contributed by atoms with van der Waals surface area (Å²) in [4.78, 5) is 21.9. The van der Waals surface area contributed by atoms with Gasteiger partial charge in [0.1, 0.15) is 18.1 Å². The van der Waals surface area contributed by atoms with Crippen LogP contribution >= 0.6 is 0 Å². The molecule has 2 aliphatic heterocycles. The molecule has 2 fully saturated rings. The van der Waals surface area contributed by atoms with Gasteiger partial charge < -0.3 is 15.0 Å². The Morgan fingerprint density at radius 2 is 2.03 bits per heavy atom. The number of ether oxygens (including phenoxy) is 1. The molecular weight excluding hydrogens is 435 g/mol. The van der Waals surface area contributed by atoms with Crippen LogP contribution < -0.4 is 10.2 Å². The van der Waals surface area contributed by atoms with E-state index in [1.54, 1.807) is 30.7 Å². The molecular formula is C24H25FN8O. The van der Waals surface area contributed by atoms with Gasteiger partial charge in [-0.15, -0.1) is 0 Å². The largest absolute Gasteiger partial charge is 0.379 e. The number of morpholine rings is 1. The lowest BCUT2D eigenvalue weighted by Crippen LogP contribution is -2.35. The Balaban J connectivity index is 1.32. The molecule has 0 spiro atoms. The van der Waals surface area contributed by atoms with E-state index in [1.807, 2.05) is 17.2 Å². The van der Waals surface area contributed by atoms with Gasteiger partial charge in [0.15, 0.2) is 0 Å². The summed E-state index contributed by atoms with van der Waals surface area (Å²) in [5.41, 5.74) is 3.62. The second-order valence-electron chi connectivity index (χ2n) is 8.40. The molecule has 0 aliphatic carbocycles. The van der Waals surface area contributed by atoms with Crippen LogP contribution in [0, 0.1) is 11.3 Å². The molecule has 5 heterocycles. The van der Waals surface area contributed by atoms with E-state index in [9.17, 15) is 9.65 Å². The summed E-state index contributed by atoms with van der Waals surface area (Å²) in [5.74, 6) is 0.937. The zero-order chi connectivity index (χ0) is 23.3. The highest BCUT2D eigenvalue weighted by molar-refractivity contribution is 5.67. The predicted molar refractivity (Wildman–Crippen MR) is 125 cm³/mol. The number of halogens is 1. The standard InChI is InChI=1S/C24H25FN8O/c25-20-2-4-33(16-20)23-18(11-26)10-19(13-29-23)22-1-3-28-24(31-22)30-21-9-17(12-27-14-21)15-32-5-7-34-8-6-32/h1,3,9-10,12-14,20H,2,4-8,15-16H2,(H,28,30,31)/t20-/m0/s1. The van der Waals surface area contributed by atoms with Crippen molar-refractivity contribution < 1.29 is 9.13 Å². The Kier molecular flexibility index (Phi) is 6.56. The highest BCUT2D eigenvalue weighted by atomic mass is 19.1. The van der Waals surface area contributed by atoms with Crippen LogP contribution in [0.5, 0.6) is 0 Å². The minimum absolute atomic E-state index is 0.265. The number of hydrogen-bond acceptors (Lipinski definition) is 9. The van der Waals surface area contributed by atoms with Crippen LogP contribution in [0.3, 0.4) is 0 Å². The molecule has 10 heteroatoms. The Morgan fingerprint density at radius 1 is 1.15 bits per heavy atom. The van der Waals surface area contributed by atoms with E-state index < -0.39 is 6.17 Å². The Hall–Kier alpha value is -3.68. The van der Waals surface area contributed by atoms with Crippen LogP contribution in [-0.2, 0) is 11.3 Å². The Morgan fingerprint density at radius 3 is 2.82 bits per heavy atom. The summed E-state index contributed by atoms with van der Waals surface area (Å²) in [5, 5.41) is 12.9. The first-order valence-electron chi connectivity index (χ1n) is 11.3. The quantitative estimate of drug-likeness (QED) is 0.595. The summed E-state index contributed by atoms with van der Waals surface area (Å²) in [6, 6.07) is 7.73. The monoisotopic (exact) mass is 460 g/mol. The summed E-state index contributed by atoms with van der Waals surface area (Å²) in [6.45, 7) is 4.96. The van der Waals surface area contributed by atoms with Crippen molar-refractivity contribution in [3.05, 3.63) is 54.1 Å². The molecule has 0 saturated carbocycles. The lowest BCUT2D eigenvalue weighted by molar-refractivity contribution is 0.0341. The van der Waals surface area contributed by atoms with Gasteiger partial charge in [0.2, 0.25) is 5.95 Å². The SMILES string of the molecule is N#Cc1cc(-c2ccnc(Nc3cncc(CN4CCOCC4)c3)n2)cnc1N1CC[C@H](F)C1. The van der Waals surface area contributed by atoms with Crippen molar-refractivity contribution >= 4 is 17.5 Å². The van der Waals surface area contributed by atoms with E-state index >= 15 is 0 Å². The molecule has 0 radical (unpaired) electrons. The smallest absolute Gasteiger partial charge is 0.227 e. The average Bonchev–Trinajstić information content (AvgIpc) is 3.30. The molecule has 1 atom stereocenters. The van der Waals surface area contributed by atoms with Crippen LogP contribution in [0.25, 0.3) is 11.3 Å². The number of hydrogen-bond donors (Lipinski definition) is 1. The van der Waals surface area contributed by atoms with Gasteiger partial charge in [-0.05, 0) is 30.2 Å². The van der Waals surface area contributed by atoms with Crippen molar-refractivity contribution in [2.45, 2.75) is 19.1 Å². The fraction of sp³-hybridized carbons (Fsp3) is 0.375. The zero-order valence-electron chi connectivity index (χ0n) is 18.7. The van der Waals surface area contributed by atoms with Crippen molar-refractivity contribution in [2.24, 2.45) is 0 Å². The lowest BCUT2D eigenvalue weighted by Gasteiger charge is -2.26. The number of aromatic nitrogens is 4. The van der Waals surface area contributed by atoms with Crippen LogP contribution in [0.15, 0.2) is 43.0 Å². The zero-order valence-corrected chi connectivity index (χ0v) is 18.7. The van der Waals surface area contributed by atoms with E-state index in [0.29, 0.717) is 41.6 Å². The van der Waals surface area contributed by atoms with Crippen molar-refractivity contribution in [1.82, 2.24) is 24.8 Å². The Labute approximate surface area is 197 Å². The van der Waals surface area contributed by atoms with E-state index in [-0.39, 0.29) is 6.54 Å². The van der Waals surface area contributed by atoms with E-state index in [4.69, 9.17) is 4.74 Å². The average molecular weight is 461 g/mol. The number of rotatable bonds is 6. The number of alkyl halides is 1. The Bertz CT molecular complexity index is 1190. The van der Waals surface area contributed by atoms with Crippen LogP contribution in [-0.4, -0.2) is 70.4 Å². The van der Waals surface area contributed by atoms with Crippen LogP contribution in [0.4, 0.5) is 21.8 Å². The van der Waals surface area contributed by atoms with Crippen molar-refractivity contribution in [1.29, 1.82) is 5.26 Å². The third kappa shape index (κ3) is 5.11. The topological polar surface area (TPSA) is 103 Å². The number of nitrogens with one attached hydrogen (secondary N) is 1. The normalized spacial score (nSPS) is 18.6. The molecule has 2 saturated heterocycles. The molecule has 0 unspecified atom stereocenters. The molecule has 0 amide bonds. The minimum atomic E-state index is -0.884. The van der Waals surface area contributed by atoms with Crippen LogP contribution in [0.2, 0.25) is 0 Å². The first kappa shape index (κ1) is 22.1. The molecule has 3 aromatic rings. The number of anilines is 3. The summed E-state index contributed by atoms with van der Waals surface area (Å²) in [6.07, 6.45) is 6.49. The third-order valence-electron chi connectivity index (χ3n) is 5.93. The maximum absolute atomic E-state index is 13.6. The second-order valence-corrected chi connectivity index (χ2v) is 8.40. The maximum Gasteiger partial charge on any atom is 0.227 e. The molecule has 34 heavy (non-hydrogen) atoms. The third-order valence-corrected chi connectivity index (χ3v) is 5.93. The van der Waals surface area contributed by atoms with Gasteiger partial charge in [-0.25, -0.2) is 19.3 Å². The number of pyridine rings is 2. The molecule has 9 nitrogen and oxygen atoms in total. The summed E-state index contributed by atoms with van der Waals surface area (Å²) >= 11 is 0. The van der Waals surface area contributed by atoms with Gasteiger partial charge in [0.05, 0.1) is 42.9 Å². The maximum atomic E-state index is 13.6. The molecule has 3 aromatic heterocycles. The number of nitrogens with zero attached hydrogens (tertiary/aromatic N) is 7. The molecule has 0 bridgehead atoms. The minimum Gasteiger partial charge on any atom is -0.379 e. The second kappa shape index (κ2) is 10.1. The highest BCUT2D eigenvalue weighted by Crippen LogP contribution is 2.27. The van der Waals surface area contributed by atoms with E-state index in [1.165, 1.54) is 0 Å². The molecule has 174 valence electrons. The fourth-order valence-corrected chi connectivity index (χ4v) is 4.21. The molecule has 1 N–H and O–H groups in total. The molecule has 2 aliphatic rings. The summed E-state index contributed by atoms with van der Waals surface area (Å²) < 4.78 is 19.0. The number of nitriles is 1. The van der Waals surface area contributed by atoms with Gasteiger partial charge in [-0.1, -0.05) is 0 Å². The summed E-state index contributed by atoms with van der Waals surface area (Å²) in [7, 11) is 0. The van der Waals surface area contributed by atoms with Gasteiger partial charge in [0, 0.05) is 50.3 Å². The van der Waals surface area contributed by atoms with Crippen molar-refractivity contribution in [2.75, 3.05) is 49.6 Å². The first-order valence-corrected chi connectivity index (χ1v) is 11.3. The predicted octanol–water partition coefficient (Wildman–Crippen LogP) is 2.93. The molecule has 0 aromatic carbocycles. The van der Waals surface area contributed by atoms with Gasteiger partial charge >= 0.3 is 0 Å². The van der Waals surface area contributed by atoms with Crippen LogP contribution in [0.1, 0.15) is 17.5 Å². The molecule has 5 rings (SSSR count). The highest BCUT2D eigenvalue weighted by Gasteiger charge is 2.25. The van der Waals surface area contributed by atoms with Crippen molar-refractivity contribution in [3.8, 4) is 17.3 Å². The van der Waals surface area contributed by atoms with Gasteiger partial charge in [0.25, 0.3) is 0 Å². The fourth-order valence-electron chi connectivity index (χ4n) is 4.21. The van der Waals surface area contributed by atoms with E-state index in [2.05, 4.69) is 36.2 Å². The first-order chi connectivity index (χ1) is 16.7.